The van der Waals surface area contributed by atoms with Gasteiger partial charge in [-0.15, -0.1) is 0 Å². The Morgan fingerprint density at radius 2 is 2.00 bits per heavy atom. The molecule has 7 nitrogen and oxygen atoms in total. The van der Waals surface area contributed by atoms with Gasteiger partial charge in [0.25, 0.3) is 0 Å². The lowest BCUT2D eigenvalue weighted by Crippen LogP contribution is -2.22. The van der Waals surface area contributed by atoms with Gasteiger partial charge in [-0.1, -0.05) is 11.8 Å². The number of benzene rings is 2. The highest BCUT2D eigenvalue weighted by Gasteiger charge is 2.19. The van der Waals surface area contributed by atoms with E-state index in [1.807, 2.05) is 42.0 Å². The minimum absolute atomic E-state index is 0.117. The van der Waals surface area contributed by atoms with Crippen LogP contribution in [0.25, 0.3) is 5.69 Å². The molecule has 0 aliphatic carbocycles. The molecule has 0 fully saturated rings. The van der Waals surface area contributed by atoms with Gasteiger partial charge in [0, 0.05) is 29.8 Å². The molecular weight excluding hydrogens is 378 g/mol. The summed E-state index contributed by atoms with van der Waals surface area (Å²) in [6.45, 7) is 2.05. The first-order valence-electron chi connectivity index (χ1n) is 8.69. The van der Waals surface area contributed by atoms with Gasteiger partial charge in [0.15, 0.2) is 16.7 Å². The molecule has 4 rings (SSSR count). The lowest BCUT2D eigenvalue weighted by molar-refractivity contribution is -0.115. The Morgan fingerprint density at radius 3 is 2.79 bits per heavy atom. The van der Waals surface area contributed by atoms with E-state index in [-0.39, 0.29) is 18.0 Å². The Bertz CT molecular complexity index is 987. The number of aromatic nitrogens is 2. The second kappa shape index (κ2) is 7.85. The number of amides is 1. The zero-order chi connectivity index (χ0) is 19.5. The monoisotopic (exact) mass is 397 g/mol. The van der Waals surface area contributed by atoms with Gasteiger partial charge in [0.05, 0.1) is 12.4 Å². The molecule has 1 aliphatic rings. The summed E-state index contributed by atoms with van der Waals surface area (Å²) >= 11 is 1.39. The maximum Gasteiger partial charge on any atom is 0.237 e. The second-order valence-corrected chi connectivity index (χ2v) is 7.40. The summed E-state index contributed by atoms with van der Waals surface area (Å²) in [6.07, 6.45) is 3.58. The van der Waals surface area contributed by atoms with Crippen LogP contribution in [0.5, 0.6) is 17.2 Å². The molecule has 0 saturated carbocycles. The predicted molar refractivity (Wildman–Crippen MR) is 107 cm³/mol. The average molecular weight is 397 g/mol. The standard InChI is InChI=1S/C20H19N3O4S/c1-13(19(24)22-14-3-8-17-18(11-14)27-12-26-17)28-20-21-9-10-23(20)15-4-6-16(25-2)7-5-15/h3-11,13H,12H2,1-2H3,(H,22,24)/t13-/m1/s1. The third-order valence-electron chi connectivity index (χ3n) is 4.25. The van der Waals surface area contributed by atoms with Crippen molar-refractivity contribution in [2.24, 2.45) is 0 Å². The van der Waals surface area contributed by atoms with E-state index in [2.05, 4.69) is 10.3 Å². The van der Waals surface area contributed by atoms with Gasteiger partial charge in [-0.05, 0) is 43.3 Å². The molecule has 1 aromatic heterocycles. The van der Waals surface area contributed by atoms with E-state index < -0.39 is 0 Å². The van der Waals surface area contributed by atoms with E-state index in [0.29, 0.717) is 17.2 Å². The first kappa shape index (κ1) is 18.2. The maximum atomic E-state index is 12.6. The lowest BCUT2D eigenvalue weighted by atomic mass is 10.2. The highest BCUT2D eigenvalue weighted by Crippen LogP contribution is 2.34. The molecule has 1 amide bonds. The summed E-state index contributed by atoms with van der Waals surface area (Å²) in [5.41, 5.74) is 1.62. The fourth-order valence-corrected chi connectivity index (χ4v) is 3.63. The Labute approximate surface area is 166 Å². The summed E-state index contributed by atoms with van der Waals surface area (Å²) in [4.78, 5) is 17.0. The molecule has 0 bridgehead atoms. The number of nitrogens with one attached hydrogen (secondary N) is 1. The number of carbonyl (C=O) groups is 1. The topological polar surface area (TPSA) is 74.6 Å². The summed E-state index contributed by atoms with van der Waals surface area (Å²) < 4.78 is 17.8. The van der Waals surface area contributed by atoms with Crippen LogP contribution in [0.2, 0.25) is 0 Å². The van der Waals surface area contributed by atoms with Crippen LogP contribution in [0.15, 0.2) is 60.0 Å². The summed E-state index contributed by atoms with van der Waals surface area (Å²) in [5.74, 6) is 1.98. The largest absolute Gasteiger partial charge is 0.497 e. The van der Waals surface area contributed by atoms with Crippen LogP contribution in [-0.2, 0) is 4.79 Å². The third-order valence-corrected chi connectivity index (χ3v) is 5.33. The summed E-state index contributed by atoms with van der Waals surface area (Å²) in [6, 6.07) is 13.0. The first-order valence-corrected chi connectivity index (χ1v) is 9.57. The van der Waals surface area contributed by atoms with Crippen LogP contribution in [0.3, 0.4) is 0 Å². The van der Waals surface area contributed by atoms with Gasteiger partial charge in [0.2, 0.25) is 12.7 Å². The third kappa shape index (κ3) is 3.77. The number of fused-ring (bicyclic) bond motifs is 1. The molecule has 3 aromatic rings. The van der Waals surface area contributed by atoms with Gasteiger partial charge >= 0.3 is 0 Å². The Balaban J connectivity index is 1.44. The first-order chi connectivity index (χ1) is 13.6. The van der Waals surface area contributed by atoms with Crippen LogP contribution in [0.4, 0.5) is 5.69 Å². The van der Waals surface area contributed by atoms with Gasteiger partial charge < -0.3 is 19.5 Å². The zero-order valence-electron chi connectivity index (χ0n) is 15.4. The van der Waals surface area contributed by atoms with E-state index in [1.54, 1.807) is 31.5 Å². The number of hydrogen-bond acceptors (Lipinski definition) is 6. The van der Waals surface area contributed by atoms with Gasteiger partial charge in [-0.2, -0.15) is 0 Å². The Hall–Kier alpha value is -3.13. The van der Waals surface area contributed by atoms with Crippen molar-refractivity contribution in [1.82, 2.24) is 9.55 Å². The SMILES string of the molecule is COc1ccc(-n2ccnc2S[C@H](C)C(=O)Nc2ccc3c(c2)OCO3)cc1. The van der Waals surface area contributed by atoms with E-state index in [4.69, 9.17) is 14.2 Å². The number of imidazole rings is 1. The van der Waals surface area contributed by atoms with Crippen molar-refractivity contribution in [3.63, 3.8) is 0 Å². The number of hydrogen-bond donors (Lipinski definition) is 1. The molecule has 28 heavy (non-hydrogen) atoms. The second-order valence-electron chi connectivity index (χ2n) is 6.10. The molecule has 0 unspecified atom stereocenters. The molecule has 1 aliphatic heterocycles. The van der Waals surface area contributed by atoms with Crippen molar-refractivity contribution in [3.8, 4) is 22.9 Å². The maximum absolute atomic E-state index is 12.6. The molecular formula is C20H19N3O4S. The molecule has 2 heterocycles. The van der Waals surface area contributed by atoms with E-state index in [9.17, 15) is 4.79 Å². The van der Waals surface area contributed by atoms with Crippen molar-refractivity contribution in [1.29, 1.82) is 0 Å². The summed E-state index contributed by atoms with van der Waals surface area (Å²) in [5, 5.41) is 3.30. The van der Waals surface area contributed by atoms with Crippen molar-refractivity contribution >= 4 is 23.4 Å². The Morgan fingerprint density at radius 1 is 1.21 bits per heavy atom. The van der Waals surface area contributed by atoms with Crippen molar-refractivity contribution in [2.45, 2.75) is 17.3 Å². The number of rotatable bonds is 6. The average Bonchev–Trinajstić information content (AvgIpc) is 3.37. The number of nitrogens with zero attached hydrogens (tertiary/aromatic N) is 2. The van der Waals surface area contributed by atoms with Gasteiger partial charge in [0.1, 0.15) is 5.75 Å². The van der Waals surface area contributed by atoms with Crippen LogP contribution in [0.1, 0.15) is 6.92 Å². The fourth-order valence-electron chi connectivity index (χ4n) is 2.75. The van der Waals surface area contributed by atoms with Crippen molar-refractivity contribution in [2.75, 3.05) is 19.2 Å². The number of anilines is 1. The molecule has 0 radical (unpaired) electrons. The minimum Gasteiger partial charge on any atom is -0.497 e. The van der Waals surface area contributed by atoms with Crippen LogP contribution < -0.4 is 19.5 Å². The lowest BCUT2D eigenvalue weighted by Gasteiger charge is -2.13. The predicted octanol–water partition coefficient (Wildman–Crippen LogP) is 3.73. The Kier molecular flexibility index (Phi) is 5.12. The molecule has 144 valence electrons. The number of methoxy groups -OCH3 is 1. The van der Waals surface area contributed by atoms with Crippen LogP contribution >= 0.6 is 11.8 Å². The molecule has 8 heteroatoms. The minimum atomic E-state index is -0.343. The zero-order valence-corrected chi connectivity index (χ0v) is 16.2. The van der Waals surface area contributed by atoms with Crippen LogP contribution in [0, 0.1) is 0 Å². The molecule has 1 N–H and O–H groups in total. The molecule has 1 atom stereocenters. The van der Waals surface area contributed by atoms with Gasteiger partial charge in [-0.25, -0.2) is 4.98 Å². The summed E-state index contributed by atoms with van der Waals surface area (Å²) in [7, 11) is 1.63. The number of thioether (sulfide) groups is 1. The quantitative estimate of drug-likeness (QED) is 0.639. The molecule has 0 saturated heterocycles. The van der Waals surface area contributed by atoms with Crippen molar-refractivity contribution in [3.05, 3.63) is 54.9 Å². The van der Waals surface area contributed by atoms with E-state index >= 15 is 0 Å². The number of ether oxygens (including phenoxy) is 3. The number of carbonyl (C=O) groups excluding carboxylic acids is 1. The van der Waals surface area contributed by atoms with Crippen molar-refractivity contribution < 1.29 is 19.0 Å². The van der Waals surface area contributed by atoms with Gasteiger partial charge in [-0.3, -0.25) is 9.36 Å². The molecule has 2 aromatic carbocycles. The van der Waals surface area contributed by atoms with Crippen LogP contribution in [-0.4, -0.2) is 34.6 Å². The normalized spacial score (nSPS) is 13.2. The molecule has 0 spiro atoms. The van der Waals surface area contributed by atoms with E-state index in [0.717, 1.165) is 16.6 Å². The highest BCUT2D eigenvalue weighted by molar-refractivity contribution is 8.00. The fraction of sp³-hybridized carbons (Fsp3) is 0.200. The van der Waals surface area contributed by atoms with E-state index in [1.165, 1.54) is 11.8 Å². The highest BCUT2D eigenvalue weighted by atomic mass is 32.2. The smallest absolute Gasteiger partial charge is 0.237 e.